The predicted molar refractivity (Wildman–Crippen MR) is 79.5 cm³/mol. The molecule has 1 heterocycles. The van der Waals surface area contributed by atoms with E-state index >= 15 is 0 Å². The van der Waals surface area contributed by atoms with Crippen LogP contribution >= 0.6 is 11.8 Å². The number of aromatic nitrogens is 2. The molecule has 0 bridgehead atoms. The number of rotatable bonds is 4. The molecule has 3 N–H and O–H groups in total. The second kappa shape index (κ2) is 6.37. The van der Waals surface area contributed by atoms with Crippen molar-refractivity contribution in [2.24, 2.45) is 5.73 Å². The standard InChI is InChI=1S/C14H14N4OS/c1-9-2-4-10(5-3-9)12-11(8-16)13(19)18-14(17-12)20-7-6-15/h2-5H,6-7,15H2,1H3,(H,17,18,19). The largest absolute Gasteiger partial charge is 0.330 e. The SMILES string of the molecule is Cc1ccc(-c2nc(SCCN)[nH]c(=O)c2C#N)cc1. The third-order valence-electron chi connectivity index (χ3n) is 2.69. The number of nitriles is 1. The van der Waals surface area contributed by atoms with E-state index in [1.807, 2.05) is 37.3 Å². The maximum atomic E-state index is 11.9. The van der Waals surface area contributed by atoms with Crippen molar-refractivity contribution in [2.75, 3.05) is 12.3 Å². The highest BCUT2D eigenvalue weighted by molar-refractivity contribution is 7.99. The fourth-order valence-corrected chi connectivity index (χ4v) is 2.33. The van der Waals surface area contributed by atoms with E-state index in [1.165, 1.54) is 11.8 Å². The van der Waals surface area contributed by atoms with Crippen LogP contribution in [0, 0.1) is 18.3 Å². The molecule has 20 heavy (non-hydrogen) atoms. The van der Waals surface area contributed by atoms with Crippen LogP contribution in [0.15, 0.2) is 34.2 Å². The van der Waals surface area contributed by atoms with Crippen LogP contribution in [-0.2, 0) is 0 Å². The lowest BCUT2D eigenvalue weighted by Gasteiger charge is -2.06. The fraction of sp³-hybridized carbons (Fsp3) is 0.214. The molecule has 5 nitrogen and oxygen atoms in total. The molecule has 0 saturated heterocycles. The first-order valence-corrected chi connectivity index (χ1v) is 7.08. The first kappa shape index (κ1) is 14.3. The highest BCUT2D eigenvalue weighted by Gasteiger charge is 2.13. The fourth-order valence-electron chi connectivity index (χ4n) is 1.70. The number of H-pyrrole nitrogens is 1. The van der Waals surface area contributed by atoms with Crippen LogP contribution in [0.25, 0.3) is 11.3 Å². The third-order valence-corrected chi connectivity index (χ3v) is 3.60. The maximum Gasteiger partial charge on any atom is 0.270 e. The van der Waals surface area contributed by atoms with Gasteiger partial charge in [0.25, 0.3) is 5.56 Å². The Bertz CT molecular complexity index is 701. The van der Waals surface area contributed by atoms with Gasteiger partial charge in [-0.15, -0.1) is 0 Å². The summed E-state index contributed by atoms with van der Waals surface area (Å²) >= 11 is 1.36. The van der Waals surface area contributed by atoms with Crippen LogP contribution in [0.1, 0.15) is 11.1 Å². The van der Waals surface area contributed by atoms with Gasteiger partial charge in [0.1, 0.15) is 11.6 Å². The number of aromatic amines is 1. The average molecular weight is 286 g/mol. The molecule has 0 aliphatic carbocycles. The molecule has 1 aromatic carbocycles. The van der Waals surface area contributed by atoms with Gasteiger partial charge in [-0.05, 0) is 6.92 Å². The van der Waals surface area contributed by atoms with Crippen LogP contribution in [0.2, 0.25) is 0 Å². The minimum absolute atomic E-state index is 0.0333. The summed E-state index contributed by atoms with van der Waals surface area (Å²) in [5.41, 5.74) is 7.33. The minimum Gasteiger partial charge on any atom is -0.330 e. The molecule has 1 aromatic heterocycles. The van der Waals surface area contributed by atoms with E-state index in [0.717, 1.165) is 11.1 Å². The van der Waals surface area contributed by atoms with Crippen LogP contribution < -0.4 is 11.3 Å². The van der Waals surface area contributed by atoms with Crippen LogP contribution in [0.5, 0.6) is 0 Å². The summed E-state index contributed by atoms with van der Waals surface area (Å²) < 4.78 is 0. The van der Waals surface area contributed by atoms with Gasteiger partial charge in [-0.2, -0.15) is 5.26 Å². The zero-order chi connectivity index (χ0) is 14.5. The molecule has 0 aliphatic rings. The van der Waals surface area contributed by atoms with Crippen molar-refractivity contribution in [3.05, 3.63) is 45.7 Å². The van der Waals surface area contributed by atoms with E-state index in [4.69, 9.17) is 11.0 Å². The molecule has 2 aromatic rings. The molecule has 0 atom stereocenters. The van der Waals surface area contributed by atoms with Crippen LogP contribution in [-0.4, -0.2) is 22.3 Å². The van der Waals surface area contributed by atoms with Crippen molar-refractivity contribution in [1.29, 1.82) is 5.26 Å². The molecule has 2 rings (SSSR count). The zero-order valence-corrected chi connectivity index (χ0v) is 11.8. The Morgan fingerprint density at radius 2 is 2.10 bits per heavy atom. The minimum atomic E-state index is -0.419. The number of hydrogen-bond donors (Lipinski definition) is 2. The van der Waals surface area contributed by atoms with Crippen molar-refractivity contribution >= 4 is 11.8 Å². The Morgan fingerprint density at radius 1 is 1.40 bits per heavy atom. The molecule has 0 aliphatic heterocycles. The Morgan fingerprint density at radius 3 is 2.70 bits per heavy atom. The van der Waals surface area contributed by atoms with Gasteiger partial charge >= 0.3 is 0 Å². The van der Waals surface area contributed by atoms with Gasteiger partial charge in [0.15, 0.2) is 5.16 Å². The van der Waals surface area contributed by atoms with E-state index in [9.17, 15) is 4.79 Å². The number of nitrogens with one attached hydrogen (secondary N) is 1. The van der Waals surface area contributed by atoms with Gasteiger partial charge < -0.3 is 10.7 Å². The van der Waals surface area contributed by atoms with E-state index in [2.05, 4.69) is 9.97 Å². The highest BCUT2D eigenvalue weighted by Crippen LogP contribution is 2.22. The molecule has 0 amide bonds. The summed E-state index contributed by atoms with van der Waals surface area (Å²) in [7, 11) is 0. The number of benzene rings is 1. The zero-order valence-electron chi connectivity index (χ0n) is 11.0. The molecule has 6 heteroatoms. The number of aryl methyl sites for hydroxylation is 1. The van der Waals surface area contributed by atoms with E-state index in [0.29, 0.717) is 23.1 Å². The highest BCUT2D eigenvalue weighted by atomic mass is 32.2. The Balaban J connectivity index is 2.54. The van der Waals surface area contributed by atoms with Gasteiger partial charge in [-0.3, -0.25) is 4.79 Å². The summed E-state index contributed by atoms with van der Waals surface area (Å²) in [6.45, 7) is 2.47. The number of nitrogens with two attached hydrogens (primary N) is 1. The van der Waals surface area contributed by atoms with Gasteiger partial charge in [0, 0.05) is 17.9 Å². The second-order valence-corrected chi connectivity index (χ2v) is 5.29. The van der Waals surface area contributed by atoms with Crippen LogP contribution in [0.3, 0.4) is 0 Å². The van der Waals surface area contributed by atoms with Gasteiger partial charge in [0.05, 0.1) is 5.69 Å². The summed E-state index contributed by atoms with van der Waals surface area (Å²) in [6.07, 6.45) is 0. The summed E-state index contributed by atoms with van der Waals surface area (Å²) in [5.74, 6) is 0.655. The number of nitrogens with zero attached hydrogens (tertiary/aromatic N) is 2. The molecular weight excluding hydrogens is 272 g/mol. The molecule has 0 unspecified atom stereocenters. The molecular formula is C14H14N4OS. The lowest BCUT2D eigenvalue weighted by Crippen LogP contribution is -2.15. The smallest absolute Gasteiger partial charge is 0.270 e. The lowest BCUT2D eigenvalue weighted by atomic mass is 10.1. The van der Waals surface area contributed by atoms with Gasteiger partial charge in [-0.25, -0.2) is 4.98 Å². The molecule has 0 spiro atoms. The normalized spacial score (nSPS) is 10.2. The van der Waals surface area contributed by atoms with E-state index in [-0.39, 0.29) is 5.56 Å². The molecule has 0 fully saturated rings. The Hall–Kier alpha value is -2.10. The average Bonchev–Trinajstić information content (AvgIpc) is 2.45. The maximum absolute atomic E-state index is 11.9. The first-order valence-electron chi connectivity index (χ1n) is 6.10. The topological polar surface area (TPSA) is 95.6 Å². The summed E-state index contributed by atoms with van der Waals surface area (Å²) in [6, 6.07) is 9.48. The van der Waals surface area contributed by atoms with Gasteiger partial charge in [0.2, 0.25) is 0 Å². The van der Waals surface area contributed by atoms with E-state index in [1.54, 1.807) is 0 Å². The van der Waals surface area contributed by atoms with Crippen molar-refractivity contribution < 1.29 is 0 Å². The van der Waals surface area contributed by atoms with Gasteiger partial charge in [-0.1, -0.05) is 41.6 Å². The Labute approximate surface area is 120 Å². The monoisotopic (exact) mass is 286 g/mol. The van der Waals surface area contributed by atoms with Crippen molar-refractivity contribution in [2.45, 2.75) is 12.1 Å². The quantitative estimate of drug-likeness (QED) is 0.658. The number of hydrogen-bond acceptors (Lipinski definition) is 5. The van der Waals surface area contributed by atoms with Crippen molar-refractivity contribution in [3.8, 4) is 17.3 Å². The second-order valence-electron chi connectivity index (χ2n) is 4.21. The Kier molecular flexibility index (Phi) is 4.56. The van der Waals surface area contributed by atoms with Crippen LogP contribution in [0.4, 0.5) is 0 Å². The predicted octanol–water partition coefficient (Wildman–Crippen LogP) is 1.67. The molecule has 0 radical (unpaired) electrons. The van der Waals surface area contributed by atoms with E-state index < -0.39 is 5.56 Å². The summed E-state index contributed by atoms with van der Waals surface area (Å²) in [5, 5.41) is 9.63. The third kappa shape index (κ3) is 3.07. The molecule has 0 saturated carbocycles. The summed E-state index contributed by atoms with van der Waals surface area (Å²) in [4.78, 5) is 18.9. The first-order chi connectivity index (χ1) is 9.65. The number of thioether (sulfide) groups is 1. The molecule has 102 valence electrons. The van der Waals surface area contributed by atoms with Crippen molar-refractivity contribution in [1.82, 2.24) is 9.97 Å². The van der Waals surface area contributed by atoms with Crippen molar-refractivity contribution in [3.63, 3.8) is 0 Å². The lowest BCUT2D eigenvalue weighted by molar-refractivity contribution is 0.933.